The quantitative estimate of drug-likeness (QED) is 0.330. The Morgan fingerprint density at radius 1 is 1.18 bits per heavy atom. The summed E-state index contributed by atoms with van der Waals surface area (Å²) in [6.45, 7) is 19.6. The second kappa shape index (κ2) is 12.8. The molecule has 0 unspecified atom stereocenters. The first-order valence-electron chi connectivity index (χ1n) is 13.7. The van der Waals surface area contributed by atoms with Crippen LogP contribution in [-0.2, 0) is 4.74 Å². The smallest absolute Gasteiger partial charge is 0.284 e. The highest BCUT2D eigenvalue weighted by Gasteiger charge is 2.24. The number of nitrogens with zero attached hydrogens (tertiary/aromatic N) is 6. The number of piperazine rings is 1. The molecule has 0 spiro atoms. The summed E-state index contributed by atoms with van der Waals surface area (Å²) in [5, 5.41) is 4.61. The zero-order chi connectivity index (χ0) is 29.0. The number of nitrogens with one attached hydrogen (secondary N) is 1. The van der Waals surface area contributed by atoms with Crippen molar-refractivity contribution in [2.45, 2.75) is 60.1 Å². The van der Waals surface area contributed by atoms with Crippen molar-refractivity contribution in [1.82, 2.24) is 19.9 Å². The minimum atomic E-state index is -0.290. The van der Waals surface area contributed by atoms with Gasteiger partial charge in [0.05, 0.1) is 29.1 Å². The van der Waals surface area contributed by atoms with Gasteiger partial charge in [0.15, 0.2) is 5.01 Å². The number of halogens is 1. The van der Waals surface area contributed by atoms with E-state index in [1.807, 2.05) is 32.0 Å². The molecular weight excluding hydrogens is 546 g/mol. The van der Waals surface area contributed by atoms with Gasteiger partial charge in [-0.25, -0.2) is 15.0 Å². The number of aromatic nitrogens is 3. The predicted molar refractivity (Wildman–Crippen MR) is 165 cm³/mol. The zero-order valence-electron chi connectivity index (χ0n) is 24.5. The topological polar surface area (TPSA) is 86.7 Å². The molecule has 1 aromatic carbocycles. The van der Waals surface area contributed by atoms with Gasteiger partial charge in [-0.15, -0.1) is 0 Å². The average molecular weight is 586 g/mol. The second-order valence-corrected chi connectivity index (χ2v) is 12.7. The highest BCUT2D eigenvalue weighted by Crippen LogP contribution is 2.34. The number of amides is 1. The monoisotopic (exact) mass is 585 g/mol. The van der Waals surface area contributed by atoms with Crippen LogP contribution in [0.25, 0.3) is 0 Å². The first kappa shape index (κ1) is 30.2. The van der Waals surface area contributed by atoms with Crippen molar-refractivity contribution in [2.75, 3.05) is 54.4 Å². The molecular formula is C29H40ClN7O2S. The molecule has 0 saturated carbocycles. The van der Waals surface area contributed by atoms with Crippen LogP contribution in [0.5, 0.6) is 0 Å². The molecule has 9 nitrogen and oxygen atoms in total. The molecule has 1 amide bonds. The third kappa shape index (κ3) is 7.69. The van der Waals surface area contributed by atoms with E-state index in [0.717, 1.165) is 61.5 Å². The van der Waals surface area contributed by atoms with Crippen molar-refractivity contribution in [3.8, 4) is 0 Å². The van der Waals surface area contributed by atoms with Crippen molar-refractivity contribution < 1.29 is 9.53 Å². The number of hydrogen-bond acceptors (Lipinski definition) is 9. The van der Waals surface area contributed by atoms with E-state index in [2.05, 4.69) is 59.6 Å². The number of anilines is 4. The van der Waals surface area contributed by atoms with E-state index in [0.29, 0.717) is 21.5 Å². The van der Waals surface area contributed by atoms with E-state index in [-0.39, 0.29) is 17.6 Å². The van der Waals surface area contributed by atoms with Gasteiger partial charge >= 0.3 is 0 Å². The van der Waals surface area contributed by atoms with E-state index in [4.69, 9.17) is 26.3 Å². The first-order chi connectivity index (χ1) is 18.9. The molecule has 11 heteroatoms. The van der Waals surface area contributed by atoms with E-state index in [9.17, 15) is 4.79 Å². The summed E-state index contributed by atoms with van der Waals surface area (Å²) in [7, 11) is 0. The Labute approximate surface area is 246 Å². The Balaban J connectivity index is 1.47. The van der Waals surface area contributed by atoms with Crippen LogP contribution in [-0.4, -0.2) is 76.7 Å². The molecule has 216 valence electrons. The number of thiazole rings is 1. The van der Waals surface area contributed by atoms with Crippen LogP contribution >= 0.6 is 22.9 Å². The molecule has 3 aromatic rings. The predicted octanol–water partition coefficient (Wildman–Crippen LogP) is 5.94. The lowest BCUT2D eigenvalue weighted by Crippen LogP contribution is -2.48. The lowest BCUT2D eigenvalue weighted by Gasteiger charge is -2.36. The summed E-state index contributed by atoms with van der Waals surface area (Å²) in [4.78, 5) is 33.9. The second-order valence-electron chi connectivity index (χ2n) is 11.3. The lowest BCUT2D eigenvalue weighted by molar-refractivity contribution is -0.0135. The van der Waals surface area contributed by atoms with Gasteiger partial charge in [0, 0.05) is 44.8 Å². The molecule has 2 aromatic heterocycles. The fourth-order valence-corrected chi connectivity index (χ4v) is 5.80. The molecule has 0 atom stereocenters. The van der Waals surface area contributed by atoms with Gasteiger partial charge < -0.3 is 19.9 Å². The highest BCUT2D eigenvalue weighted by molar-refractivity contribution is 7.17. The molecule has 0 aliphatic carbocycles. The highest BCUT2D eigenvalue weighted by atomic mass is 35.5. The number of carbonyl (C=O) groups excluding carboxylic acids is 1. The maximum atomic E-state index is 13.0. The van der Waals surface area contributed by atoms with Crippen LogP contribution in [0.4, 0.5) is 22.3 Å². The van der Waals surface area contributed by atoms with Crippen LogP contribution in [0.3, 0.4) is 0 Å². The number of hydrogen-bond donors (Lipinski definition) is 1. The molecule has 1 aliphatic heterocycles. The summed E-state index contributed by atoms with van der Waals surface area (Å²) in [5.74, 6) is 2.11. The Morgan fingerprint density at radius 3 is 2.55 bits per heavy atom. The minimum Gasteiger partial charge on any atom is -0.375 e. The first-order valence-corrected chi connectivity index (χ1v) is 14.9. The molecule has 1 fully saturated rings. The Hall–Kier alpha value is -2.79. The van der Waals surface area contributed by atoms with Crippen LogP contribution < -0.4 is 15.1 Å². The standard InChI is InChI=1S/C29H40ClN7O2S/c1-19(2)37(25-18-31-28(40-25)27(38)34-26-20(3)9-8-10-22(26)30)24-17-23(32-21(4)33-24)36-13-11-35(12-14-36)15-16-39-29(5,6)7/h8-10,17-19H,11-16H2,1-7H3,(H,34,38). The normalized spacial score (nSPS) is 14.6. The number of benzene rings is 1. The minimum absolute atomic E-state index is 0.0870. The molecule has 1 N–H and O–H groups in total. The van der Waals surface area contributed by atoms with Gasteiger partial charge in [-0.05, 0) is 60.1 Å². The van der Waals surface area contributed by atoms with Crippen LogP contribution in [0.1, 0.15) is 55.8 Å². The summed E-state index contributed by atoms with van der Waals surface area (Å²) >= 11 is 7.64. The van der Waals surface area contributed by atoms with Crippen molar-refractivity contribution in [2.24, 2.45) is 0 Å². The van der Waals surface area contributed by atoms with E-state index in [1.165, 1.54) is 11.3 Å². The number of carbonyl (C=O) groups is 1. The van der Waals surface area contributed by atoms with E-state index >= 15 is 0 Å². The van der Waals surface area contributed by atoms with Crippen LogP contribution in [0, 0.1) is 13.8 Å². The molecule has 1 aliphatic rings. The summed E-state index contributed by atoms with van der Waals surface area (Å²) in [5.41, 5.74) is 1.38. The van der Waals surface area contributed by atoms with Crippen LogP contribution in [0.15, 0.2) is 30.5 Å². The van der Waals surface area contributed by atoms with Crippen molar-refractivity contribution in [3.63, 3.8) is 0 Å². The SMILES string of the molecule is Cc1nc(N2CCN(CCOC(C)(C)C)CC2)cc(N(c2cnc(C(=O)Nc3c(C)cccc3Cl)s2)C(C)C)n1. The fourth-order valence-electron chi connectivity index (χ4n) is 4.57. The zero-order valence-corrected chi connectivity index (χ0v) is 26.1. The fraction of sp³-hybridized carbons (Fsp3) is 0.517. The summed E-state index contributed by atoms with van der Waals surface area (Å²) in [6, 6.07) is 7.65. The van der Waals surface area contributed by atoms with Crippen molar-refractivity contribution in [3.05, 3.63) is 51.9 Å². The van der Waals surface area contributed by atoms with Crippen LogP contribution in [0.2, 0.25) is 5.02 Å². The summed E-state index contributed by atoms with van der Waals surface area (Å²) in [6.07, 6.45) is 1.73. The van der Waals surface area contributed by atoms with Crippen molar-refractivity contribution in [1.29, 1.82) is 0 Å². The molecule has 0 radical (unpaired) electrons. The lowest BCUT2D eigenvalue weighted by atomic mass is 10.2. The molecule has 1 saturated heterocycles. The third-order valence-corrected chi connectivity index (χ3v) is 7.91. The van der Waals surface area contributed by atoms with Gasteiger partial charge in [0.1, 0.15) is 22.5 Å². The Kier molecular flexibility index (Phi) is 9.66. The van der Waals surface area contributed by atoms with Gasteiger partial charge in [-0.2, -0.15) is 0 Å². The third-order valence-electron chi connectivity index (χ3n) is 6.60. The summed E-state index contributed by atoms with van der Waals surface area (Å²) < 4.78 is 5.91. The molecule has 4 rings (SSSR count). The molecule has 0 bridgehead atoms. The number of para-hydroxylation sites is 1. The maximum absolute atomic E-state index is 13.0. The van der Waals surface area contributed by atoms with Gasteiger partial charge in [0.25, 0.3) is 5.91 Å². The van der Waals surface area contributed by atoms with Gasteiger partial charge in [-0.3, -0.25) is 9.69 Å². The Morgan fingerprint density at radius 2 is 1.90 bits per heavy atom. The van der Waals surface area contributed by atoms with E-state index in [1.54, 1.807) is 12.3 Å². The number of ether oxygens (including phenoxy) is 1. The van der Waals surface area contributed by atoms with Crippen molar-refractivity contribution >= 4 is 51.2 Å². The molecule has 40 heavy (non-hydrogen) atoms. The maximum Gasteiger partial charge on any atom is 0.284 e. The van der Waals surface area contributed by atoms with Gasteiger partial charge in [-0.1, -0.05) is 35.1 Å². The van der Waals surface area contributed by atoms with Gasteiger partial charge in [0.2, 0.25) is 0 Å². The average Bonchev–Trinajstić information content (AvgIpc) is 3.35. The molecule has 3 heterocycles. The van der Waals surface area contributed by atoms with E-state index < -0.39 is 0 Å². The number of rotatable bonds is 9. The largest absolute Gasteiger partial charge is 0.375 e. The Bertz CT molecular complexity index is 1300. The number of aryl methyl sites for hydroxylation is 2.